The first-order chi connectivity index (χ1) is 32.4. The number of rotatable bonds is 34. The van der Waals surface area contributed by atoms with E-state index in [4.69, 9.17) is 19.5 Å². The number of nitrogens with one attached hydrogen (secondary N) is 2. The van der Waals surface area contributed by atoms with Crippen LogP contribution in [-0.4, -0.2) is 128 Å². The number of phosphoric ester groups is 3. The van der Waals surface area contributed by atoms with Gasteiger partial charge in [0.15, 0.2) is 22.8 Å². The van der Waals surface area contributed by atoms with E-state index in [9.17, 15) is 62.7 Å². The van der Waals surface area contributed by atoms with Crippen molar-refractivity contribution >= 4 is 74.9 Å². The fourth-order valence-electron chi connectivity index (χ4n) is 6.43. The molecule has 1 aliphatic rings. The van der Waals surface area contributed by atoms with Crippen LogP contribution < -0.4 is 16.4 Å². The minimum Gasteiger partial charge on any atom is -0.386 e. The Balaban J connectivity index is 1.31. The second-order valence-electron chi connectivity index (χ2n) is 16.3. The fourth-order valence-corrected chi connectivity index (χ4v) is 9.94. The molecule has 0 bridgehead atoms. The Kier molecular flexibility index (Phi) is 25.2. The van der Waals surface area contributed by atoms with Gasteiger partial charge in [-0.15, -0.1) is 6.58 Å². The SMILES string of the molecule is C=CCC=CCC=CCCCCCCCC(=O)CCC(=O)SCCNC(=O)CCNC(=O)C(O)C(C)(C)COP(=O)(O)OP(=O)(O)OCC1OC(n2cnc3c(N)ncnc32)C(O)C1OP(=O)(O)O. The normalized spacial score (nSPS) is 19.9. The van der Waals surface area contributed by atoms with Crippen molar-refractivity contribution in [1.29, 1.82) is 0 Å². The lowest BCUT2D eigenvalue weighted by molar-refractivity contribution is -0.137. The van der Waals surface area contributed by atoms with Gasteiger partial charge in [0, 0.05) is 49.9 Å². The zero-order chi connectivity index (χ0) is 51.3. The molecule has 1 aliphatic heterocycles. The fraction of sp³-hybridized carbons (Fsp3) is 0.625. The molecule has 0 aliphatic carbocycles. The van der Waals surface area contributed by atoms with Crippen molar-refractivity contribution in [1.82, 2.24) is 30.2 Å². The van der Waals surface area contributed by atoms with Crippen LogP contribution in [0.5, 0.6) is 0 Å². The number of anilines is 1. The first-order valence-electron chi connectivity index (χ1n) is 21.9. The van der Waals surface area contributed by atoms with Crippen LogP contribution in [0.2, 0.25) is 0 Å². The van der Waals surface area contributed by atoms with Crippen LogP contribution in [0.25, 0.3) is 11.2 Å². The van der Waals surface area contributed by atoms with Crippen molar-refractivity contribution in [3.63, 3.8) is 0 Å². The summed E-state index contributed by atoms with van der Waals surface area (Å²) >= 11 is 0.994. The molecule has 69 heavy (non-hydrogen) atoms. The van der Waals surface area contributed by atoms with Crippen LogP contribution in [0.15, 0.2) is 49.6 Å². The van der Waals surface area contributed by atoms with E-state index >= 15 is 0 Å². The molecule has 7 atom stereocenters. The molecule has 0 saturated carbocycles. The van der Waals surface area contributed by atoms with Gasteiger partial charge in [0.25, 0.3) is 0 Å². The molecular formula is C40H64N7O18P3S. The highest BCUT2D eigenvalue weighted by Gasteiger charge is 2.50. The molecule has 25 nitrogen and oxygen atoms in total. The minimum atomic E-state index is -5.59. The van der Waals surface area contributed by atoms with Crippen LogP contribution in [-0.2, 0) is 55.5 Å². The minimum absolute atomic E-state index is 0.0247. The summed E-state index contributed by atoms with van der Waals surface area (Å²) in [6.45, 7) is 4.03. The van der Waals surface area contributed by atoms with E-state index in [-0.39, 0.29) is 66.0 Å². The summed E-state index contributed by atoms with van der Waals surface area (Å²) in [5, 5.41) is 26.3. The summed E-state index contributed by atoms with van der Waals surface area (Å²) in [6.07, 6.45) is 12.0. The maximum absolute atomic E-state index is 12.7. The Labute approximate surface area is 403 Å². The number of fused-ring (bicyclic) bond motifs is 1. The number of ether oxygens (including phenoxy) is 1. The number of hydrogen-bond donors (Lipinski definition) is 9. The topological polar surface area (TPSA) is 381 Å². The highest BCUT2D eigenvalue weighted by molar-refractivity contribution is 8.13. The third kappa shape index (κ3) is 22.2. The van der Waals surface area contributed by atoms with E-state index in [1.807, 2.05) is 6.08 Å². The van der Waals surface area contributed by atoms with E-state index in [1.54, 1.807) is 0 Å². The first kappa shape index (κ1) is 59.8. The number of aliphatic hydroxyl groups excluding tert-OH is 2. The number of aromatic nitrogens is 4. The van der Waals surface area contributed by atoms with Gasteiger partial charge in [-0.1, -0.05) is 75.3 Å². The number of carbonyl (C=O) groups is 4. The number of phosphoric acid groups is 3. The summed E-state index contributed by atoms with van der Waals surface area (Å²) < 4.78 is 62.4. The lowest BCUT2D eigenvalue weighted by atomic mass is 9.87. The third-order valence-corrected chi connectivity index (χ3v) is 14.1. The molecule has 388 valence electrons. The molecule has 0 aromatic carbocycles. The Hall–Kier alpha value is -3.55. The summed E-state index contributed by atoms with van der Waals surface area (Å²) in [6, 6.07) is 0. The lowest BCUT2D eigenvalue weighted by Gasteiger charge is -2.30. The van der Waals surface area contributed by atoms with Crippen LogP contribution in [0, 0.1) is 5.41 Å². The number of thioether (sulfide) groups is 1. The molecule has 3 heterocycles. The number of Topliss-reactive ketones (excluding diaryl/α,β-unsaturated/α-hetero) is 1. The van der Waals surface area contributed by atoms with Gasteiger partial charge in [-0.05, 0) is 32.1 Å². The second-order valence-corrected chi connectivity index (χ2v) is 21.7. The predicted octanol–water partition coefficient (Wildman–Crippen LogP) is 3.82. The number of nitrogens with zero attached hydrogens (tertiary/aromatic N) is 4. The number of amides is 2. The average molecular weight is 1060 g/mol. The van der Waals surface area contributed by atoms with Gasteiger partial charge >= 0.3 is 23.5 Å². The maximum Gasteiger partial charge on any atom is 0.481 e. The first-order valence-corrected chi connectivity index (χ1v) is 27.4. The largest absolute Gasteiger partial charge is 0.481 e. The number of ketones is 1. The number of nitrogen functional groups attached to an aromatic ring is 1. The molecular weight excluding hydrogens is 991 g/mol. The number of hydrogen-bond acceptors (Lipinski definition) is 19. The van der Waals surface area contributed by atoms with E-state index in [1.165, 1.54) is 13.8 Å². The monoisotopic (exact) mass is 1060 g/mol. The molecule has 7 unspecified atom stereocenters. The Bertz CT molecular complexity index is 2230. The predicted molar refractivity (Wildman–Crippen MR) is 251 cm³/mol. The second kappa shape index (κ2) is 29.1. The number of imidazole rings is 1. The Morgan fingerprint density at radius 3 is 2.32 bits per heavy atom. The Morgan fingerprint density at radius 2 is 1.59 bits per heavy atom. The molecule has 3 rings (SSSR count). The maximum atomic E-state index is 12.7. The van der Waals surface area contributed by atoms with Crippen molar-refractivity contribution in [3.8, 4) is 0 Å². The molecule has 0 radical (unpaired) electrons. The van der Waals surface area contributed by atoms with E-state index < -0.39 is 84.6 Å². The molecule has 2 amide bonds. The molecule has 10 N–H and O–H groups in total. The van der Waals surface area contributed by atoms with Crippen LogP contribution in [0.1, 0.15) is 97.1 Å². The van der Waals surface area contributed by atoms with Crippen LogP contribution in [0.3, 0.4) is 0 Å². The summed E-state index contributed by atoms with van der Waals surface area (Å²) in [7, 11) is -16.5. The zero-order valence-corrected chi connectivity index (χ0v) is 41.9. The van der Waals surface area contributed by atoms with Crippen molar-refractivity contribution in [2.45, 2.75) is 122 Å². The standard InChI is InChI=1S/C40H64N7O18P3S/c1-4-5-6-7-8-9-10-11-12-13-14-15-16-17-28(48)18-19-31(50)69-23-22-42-30(49)20-21-43-38(53)35(52)40(2,3)25-62-68(59,60)65-67(57,58)61-24-29-34(64-66(54,55)56)33(51)39(63-29)47-27-46-32-36(41)44-26-45-37(32)47/h4,6-7,9-10,26-27,29,33-35,39,51-52H,1,5,8,11-25H2,2-3H3,(H,42,49)(H,43,53)(H,57,58)(H,59,60)(H2,41,44,45)(H2,54,55,56). The highest BCUT2D eigenvalue weighted by Crippen LogP contribution is 2.61. The molecule has 29 heteroatoms. The third-order valence-electron chi connectivity index (χ3n) is 10.1. The highest BCUT2D eigenvalue weighted by atomic mass is 32.2. The number of allylic oxidation sites excluding steroid dienone is 5. The number of nitrogens with two attached hydrogens (primary N) is 1. The lowest BCUT2D eigenvalue weighted by Crippen LogP contribution is -2.46. The molecule has 1 saturated heterocycles. The van der Waals surface area contributed by atoms with Crippen molar-refractivity contribution < 1.29 is 85.3 Å². The van der Waals surface area contributed by atoms with Gasteiger partial charge < -0.3 is 50.9 Å². The summed E-state index contributed by atoms with van der Waals surface area (Å²) in [5.74, 6) is -1.21. The molecule has 2 aromatic rings. The quantitative estimate of drug-likeness (QED) is 0.0273. The molecule has 0 spiro atoms. The molecule has 1 fully saturated rings. The van der Waals surface area contributed by atoms with Crippen LogP contribution in [0.4, 0.5) is 5.82 Å². The average Bonchev–Trinajstić information content (AvgIpc) is 3.84. The van der Waals surface area contributed by atoms with E-state index in [0.29, 0.717) is 6.42 Å². The Morgan fingerprint density at radius 1 is 0.913 bits per heavy atom. The van der Waals surface area contributed by atoms with Crippen molar-refractivity contribution in [3.05, 3.63) is 49.6 Å². The van der Waals surface area contributed by atoms with Crippen molar-refractivity contribution in [2.24, 2.45) is 5.41 Å². The van der Waals surface area contributed by atoms with Gasteiger partial charge in [-0.2, -0.15) is 4.31 Å². The number of unbranched alkanes of at least 4 members (excludes halogenated alkanes) is 5. The number of aliphatic hydroxyl groups is 2. The summed E-state index contributed by atoms with van der Waals surface area (Å²) in [4.78, 5) is 101. The summed E-state index contributed by atoms with van der Waals surface area (Å²) in [5.41, 5.74) is 4.24. The number of carbonyl (C=O) groups excluding carboxylic acids is 4. The smallest absolute Gasteiger partial charge is 0.386 e. The molecule has 2 aromatic heterocycles. The van der Waals surface area contributed by atoms with Crippen LogP contribution >= 0.6 is 35.2 Å². The van der Waals surface area contributed by atoms with Gasteiger partial charge in [-0.3, -0.25) is 37.3 Å². The van der Waals surface area contributed by atoms with Gasteiger partial charge in [0.05, 0.1) is 19.5 Å². The van der Waals surface area contributed by atoms with E-state index in [0.717, 1.165) is 80.4 Å². The van der Waals surface area contributed by atoms with E-state index in [2.05, 4.69) is 65.3 Å². The van der Waals surface area contributed by atoms with Gasteiger partial charge in [0.1, 0.15) is 42.0 Å². The van der Waals surface area contributed by atoms with Gasteiger partial charge in [0.2, 0.25) is 11.8 Å². The van der Waals surface area contributed by atoms with Gasteiger partial charge in [-0.25, -0.2) is 28.6 Å². The van der Waals surface area contributed by atoms with Crippen molar-refractivity contribution in [2.75, 3.05) is 37.8 Å². The zero-order valence-electron chi connectivity index (χ0n) is 38.4.